The van der Waals surface area contributed by atoms with E-state index in [1.54, 1.807) is 25.2 Å². The maximum Gasteiger partial charge on any atom is 0.183 e. The first-order valence-corrected chi connectivity index (χ1v) is 6.29. The van der Waals surface area contributed by atoms with Crippen LogP contribution in [0.4, 0.5) is 5.82 Å². The highest BCUT2D eigenvalue weighted by atomic mass is 35.5. The van der Waals surface area contributed by atoms with E-state index in [9.17, 15) is 0 Å². The first-order valence-electron chi connectivity index (χ1n) is 5.53. The lowest BCUT2D eigenvalue weighted by molar-refractivity contribution is 1.19. The lowest BCUT2D eigenvalue weighted by Crippen LogP contribution is -1.93. The predicted octanol–water partition coefficient (Wildman–Crippen LogP) is 3.37. The third-order valence-electron chi connectivity index (χ3n) is 2.72. The van der Waals surface area contributed by atoms with Gasteiger partial charge in [-0.3, -0.25) is 0 Å². The number of imidazole rings is 1. The molecule has 0 bridgehead atoms. The highest BCUT2D eigenvalue weighted by Gasteiger charge is 2.15. The molecule has 0 aliphatic carbocycles. The number of fused-ring (bicyclic) bond motifs is 1. The molecule has 0 amide bonds. The fraction of sp³-hybridized carbons (Fsp3) is 0.0833. The number of benzene rings is 1. The van der Waals surface area contributed by atoms with Crippen molar-refractivity contribution in [3.05, 3.63) is 34.6 Å². The molecule has 19 heavy (non-hydrogen) atoms. The zero-order chi connectivity index (χ0) is 13.4. The van der Waals surface area contributed by atoms with Gasteiger partial charge in [0.05, 0.1) is 15.6 Å². The van der Waals surface area contributed by atoms with Crippen LogP contribution in [0.2, 0.25) is 10.0 Å². The number of nitrogens with one attached hydrogen (secondary N) is 2. The van der Waals surface area contributed by atoms with Crippen LogP contribution in [0.3, 0.4) is 0 Å². The van der Waals surface area contributed by atoms with Gasteiger partial charge in [0.25, 0.3) is 0 Å². The number of hydrogen-bond acceptors (Lipinski definition) is 4. The molecular weight excluding hydrogens is 285 g/mol. The van der Waals surface area contributed by atoms with Crippen molar-refractivity contribution >= 4 is 40.2 Å². The zero-order valence-electron chi connectivity index (χ0n) is 9.91. The number of halogens is 2. The van der Waals surface area contributed by atoms with Gasteiger partial charge in [0.1, 0.15) is 17.7 Å². The van der Waals surface area contributed by atoms with Crippen LogP contribution in [0.15, 0.2) is 24.5 Å². The van der Waals surface area contributed by atoms with Crippen LogP contribution in [0.5, 0.6) is 0 Å². The third kappa shape index (κ3) is 2.01. The normalized spacial score (nSPS) is 10.9. The number of rotatable bonds is 2. The number of hydrogen-bond donors (Lipinski definition) is 2. The Hall–Kier alpha value is -1.85. The van der Waals surface area contributed by atoms with Gasteiger partial charge in [-0.05, 0) is 12.1 Å². The number of nitrogens with zero attached hydrogens (tertiary/aromatic N) is 3. The minimum atomic E-state index is 0.533. The van der Waals surface area contributed by atoms with Crippen molar-refractivity contribution in [2.24, 2.45) is 0 Å². The summed E-state index contributed by atoms with van der Waals surface area (Å²) in [5, 5.41) is 4.04. The summed E-state index contributed by atoms with van der Waals surface area (Å²) in [7, 11) is 1.78. The number of anilines is 1. The van der Waals surface area contributed by atoms with Crippen molar-refractivity contribution < 1.29 is 0 Å². The molecule has 2 aromatic heterocycles. The molecule has 0 radical (unpaired) electrons. The molecule has 0 saturated carbocycles. The molecule has 2 N–H and O–H groups in total. The molecular formula is C12H9Cl2N5. The minimum Gasteiger partial charge on any atom is -0.371 e. The molecule has 96 valence electrons. The highest BCUT2D eigenvalue weighted by molar-refractivity contribution is 6.39. The quantitative estimate of drug-likeness (QED) is 0.760. The molecule has 0 fully saturated rings. The lowest BCUT2D eigenvalue weighted by atomic mass is 10.2. The maximum atomic E-state index is 6.17. The van der Waals surface area contributed by atoms with E-state index in [-0.39, 0.29) is 0 Å². The van der Waals surface area contributed by atoms with Crippen LogP contribution in [-0.2, 0) is 0 Å². The van der Waals surface area contributed by atoms with E-state index in [0.717, 1.165) is 5.52 Å². The molecule has 0 aliphatic heterocycles. The molecule has 0 aliphatic rings. The van der Waals surface area contributed by atoms with Crippen LogP contribution in [-0.4, -0.2) is 27.0 Å². The second-order valence-corrected chi connectivity index (χ2v) is 4.67. The Kier molecular flexibility index (Phi) is 3.00. The largest absolute Gasteiger partial charge is 0.371 e. The van der Waals surface area contributed by atoms with E-state index < -0.39 is 0 Å². The fourth-order valence-electron chi connectivity index (χ4n) is 1.86. The van der Waals surface area contributed by atoms with E-state index in [4.69, 9.17) is 23.2 Å². The molecule has 3 rings (SSSR count). The van der Waals surface area contributed by atoms with Crippen molar-refractivity contribution in [1.29, 1.82) is 0 Å². The van der Waals surface area contributed by atoms with Crippen molar-refractivity contribution in [2.75, 3.05) is 12.4 Å². The van der Waals surface area contributed by atoms with Gasteiger partial charge in [-0.1, -0.05) is 29.3 Å². The summed E-state index contributed by atoms with van der Waals surface area (Å²) >= 11 is 12.3. The monoisotopic (exact) mass is 293 g/mol. The second-order valence-electron chi connectivity index (χ2n) is 3.85. The van der Waals surface area contributed by atoms with Gasteiger partial charge in [-0.2, -0.15) is 0 Å². The van der Waals surface area contributed by atoms with Gasteiger partial charge in [-0.15, -0.1) is 0 Å². The molecule has 3 aromatic rings. The minimum absolute atomic E-state index is 0.533. The Balaban J connectivity index is 2.27. The fourth-order valence-corrected chi connectivity index (χ4v) is 2.44. The van der Waals surface area contributed by atoms with Crippen molar-refractivity contribution in [3.63, 3.8) is 0 Å². The third-order valence-corrected chi connectivity index (χ3v) is 3.35. The smallest absolute Gasteiger partial charge is 0.183 e. The summed E-state index contributed by atoms with van der Waals surface area (Å²) in [5.74, 6) is 1.24. The van der Waals surface area contributed by atoms with Gasteiger partial charge in [0.15, 0.2) is 11.5 Å². The van der Waals surface area contributed by atoms with Gasteiger partial charge < -0.3 is 10.3 Å². The van der Waals surface area contributed by atoms with E-state index in [1.807, 2.05) is 0 Å². The average molecular weight is 294 g/mol. The molecule has 0 atom stereocenters. The van der Waals surface area contributed by atoms with Gasteiger partial charge >= 0.3 is 0 Å². The van der Waals surface area contributed by atoms with Crippen LogP contribution in [0, 0.1) is 0 Å². The van der Waals surface area contributed by atoms with Gasteiger partial charge in [0.2, 0.25) is 0 Å². The average Bonchev–Trinajstić information content (AvgIpc) is 2.81. The maximum absolute atomic E-state index is 6.17. The molecule has 0 saturated heterocycles. The summed E-state index contributed by atoms with van der Waals surface area (Å²) < 4.78 is 0. The first-order chi connectivity index (χ1) is 9.20. The standard InChI is InChI=1S/C12H9Cl2N5/c1-15-11-9-12(17-5-16-11)19-10(18-9)8-6(13)3-2-4-7(8)14/h2-5H,1H3,(H2,15,16,17,18,19). The van der Waals surface area contributed by atoms with Crippen molar-refractivity contribution in [3.8, 4) is 11.4 Å². The second kappa shape index (κ2) is 4.68. The van der Waals surface area contributed by atoms with Crippen LogP contribution >= 0.6 is 23.2 Å². The van der Waals surface area contributed by atoms with Crippen molar-refractivity contribution in [1.82, 2.24) is 19.9 Å². The SMILES string of the molecule is CNc1ncnc2nc(-c3c(Cl)cccc3Cl)[nH]c12. The Bertz CT molecular complexity index is 733. The Labute approximate surface area is 119 Å². The van der Waals surface area contributed by atoms with Crippen LogP contribution in [0.25, 0.3) is 22.6 Å². The summed E-state index contributed by atoms with van der Waals surface area (Å²) in [4.78, 5) is 15.8. The first kappa shape index (κ1) is 12.2. The van der Waals surface area contributed by atoms with Crippen LogP contribution < -0.4 is 5.32 Å². The Morgan fingerprint density at radius 2 is 1.89 bits per heavy atom. The lowest BCUT2D eigenvalue weighted by Gasteiger charge is -2.02. The summed E-state index contributed by atoms with van der Waals surface area (Å²) in [6.07, 6.45) is 1.45. The van der Waals surface area contributed by atoms with Gasteiger partial charge in [-0.25, -0.2) is 15.0 Å². The van der Waals surface area contributed by atoms with Gasteiger partial charge in [0, 0.05) is 7.05 Å². The number of H-pyrrole nitrogens is 1. The summed E-state index contributed by atoms with van der Waals surface area (Å²) in [5.41, 5.74) is 1.94. The molecule has 1 aromatic carbocycles. The Morgan fingerprint density at radius 3 is 2.58 bits per heavy atom. The summed E-state index contributed by atoms with van der Waals surface area (Å²) in [6, 6.07) is 5.32. The molecule has 2 heterocycles. The summed E-state index contributed by atoms with van der Waals surface area (Å²) in [6.45, 7) is 0. The number of aromatic nitrogens is 4. The predicted molar refractivity (Wildman–Crippen MR) is 76.7 cm³/mol. The zero-order valence-corrected chi connectivity index (χ0v) is 11.4. The molecule has 0 unspecified atom stereocenters. The van der Waals surface area contributed by atoms with E-state index >= 15 is 0 Å². The van der Waals surface area contributed by atoms with Crippen molar-refractivity contribution in [2.45, 2.75) is 0 Å². The topological polar surface area (TPSA) is 66.5 Å². The van der Waals surface area contributed by atoms with Crippen LogP contribution in [0.1, 0.15) is 0 Å². The van der Waals surface area contributed by atoms with E-state index in [1.165, 1.54) is 6.33 Å². The van der Waals surface area contributed by atoms with E-state index in [0.29, 0.717) is 32.9 Å². The molecule has 7 heteroatoms. The molecule has 0 spiro atoms. The highest BCUT2D eigenvalue weighted by Crippen LogP contribution is 2.34. The Morgan fingerprint density at radius 1 is 1.16 bits per heavy atom. The molecule has 5 nitrogen and oxygen atoms in total. The number of aromatic amines is 1. The van der Waals surface area contributed by atoms with E-state index in [2.05, 4.69) is 25.3 Å².